The Hall–Kier alpha value is -1.83. The molecule has 0 unspecified atom stereocenters. The molecule has 0 radical (unpaired) electrons. The SMILES string of the molecule is Cc1cc(C)cc(-c2cncc(I)c2N2CCC(NC(=O)OC(C)(C)C)CC2)c1. The van der Waals surface area contributed by atoms with Crippen LogP contribution in [0.2, 0.25) is 0 Å². The second-order valence-electron chi connectivity index (χ2n) is 8.80. The molecule has 3 rings (SSSR count). The fraction of sp³-hybridized carbons (Fsp3) is 0.478. The Labute approximate surface area is 187 Å². The quantitative estimate of drug-likeness (QED) is 0.561. The summed E-state index contributed by atoms with van der Waals surface area (Å²) in [5, 5.41) is 3.02. The van der Waals surface area contributed by atoms with Gasteiger partial charge in [-0.2, -0.15) is 0 Å². The Morgan fingerprint density at radius 3 is 2.34 bits per heavy atom. The van der Waals surface area contributed by atoms with Crippen LogP contribution in [-0.4, -0.2) is 35.8 Å². The summed E-state index contributed by atoms with van der Waals surface area (Å²) >= 11 is 2.38. The highest BCUT2D eigenvalue weighted by Crippen LogP contribution is 2.36. The van der Waals surface area contributed by atoms with Crippen LogP contribution in [-0.2, 0) is 4.74 Å². The number of rotatable bonds is 3. The van der Waals surface area contributed by atoms with Crippen LogP contribution in [0.4, 0.5) is 10.5 Å². The summed E-state index contributed by atoms with van der Waals surface area (Å²) in [6.07, 6.45) is 5.35. The predicted octanol–water partition coefficient (Wildman–Crippen LogP) is 5.46. The van der Waals surface area contributed by atoms with Gasteiger partial charge in [0, 0.05) is 37.1 Å². The molecule has 0 atom stereocenters. The maximum atomic E-state index is 12.1. The van der Waals surface area contributed by atoms with E-state index in [2.05, 4.69) is 69.8 Å². The van der Waals surface area contributed by atoms with Crippen LogP contribution >= 0.6 is 22.6 Å². The molecule has 1 fully saturated rings. The van der Waals surface area contributed by atoms with E-state index < -0.39 is 5.60 Å². The molecule has 1 aliphatic heterocycles. The minimum Gasteiger partial charge on any atom is -0.444 e. The predicted molar refractivity (Wildman–Crippen MR) is 126 cm³/mol. The van der Waals surface area contributed by atoms with Crippen molar-refractivity contribution in [1.29, 1.82) is 0 Å². The molecule has 1 aliphatic rings. The summed E-state index contributed by atoms with van der Waals surface area (Å²) < 4.78 is 6.55. The van der Waals surface area contributed by atoms with Crippen molar-refractivity contribution in [2.24, 2.45) is 0 Å². The molecule has 29 heavy (non-hydrogen) atoms. The van der Waals surface area contributed by atoms with Gasteiger partial charge in [-0.15, -0.1) is 0 Å². The molecule has 1 aromatic heterocycles. The number of hydrogen-bond donors (Lipinski definition) is 1. The van der Waals surface area contributed by atoms with Gasteiger partial charge in [0.05, 0.1) is 9.26 Å². The number of aryl methyl sites for hydroxylation is 2. The molecule has 5 nitrogen and oxygen atoms in total. The highest BCUT2D eigenvalue weighted by molar-refractivity contribution is 14.1. The molecule has 0 bridgehead atoms. The van der Waals surface area contributed by atoms with Gasteiger partial charge in [-0.05, 0) is 75.6 Å². The zero-order valence-electron chi connectivity index (χ0n) is 17.9. The molecule has 1 aromatic carbocycles. The number of alkyl carbamates (subject to hydrolysis) is 1. The third-order valence-electron chi connectivity index (χ3n) is 4.94. The number of amides is 1. The number of nitrogens with one attached hydrogen (secondary N) is 1. The van der Waals surface area contributed by atoms with Crippen LogP contribution in [0.5, 0.6) is 0 Å². The van der Waals surface area contributed by atoms with Gasteiger partial charge in [0.15, 0.2) is 0 Å². The number of pyridine rings is 1. The lowest BCUT2D eigenvalue weighted by molar-refractivity contribution is 0.0497. The lowest BCUT2D eigenvalue weighted by Gasteiger charge is -2.35. The highest BCUT2D eigenvalue weighted by atomic mass is 127. The molecule has 156 valence electrons. The van der Waals surface area contributed by atoms with Gasteiger partial charge in [0.1, 0.15) is 5.60 Å². The summed E-state index contributed by atoms with van der Waals surface area (Å²) in [4.78, 5) is 19.0. The number of benzene rings is 1. The first-order chi connectivity index (χ1) is 13.6. The smallest absolute Gasteiger partial charge is 0.407 e. The lowest BCUT2D eigenvalue weighted by Crippen LogP contribution is -2.46. The summed E-state index contributed by atoms with van der Waals surface area (Å²) in [6, 6.07) is 6.78. The molecule has 1 saturated heterocycles. The van der Waals surface area contributed by atoms with E-state index in [4.69, 9.17) is 4.74 Å². The first-order valence-electron chi connectivity index (χ1n) is 10.1. The molecular formula is C23H30IN3O2. The zero-order valence-corrected chi connectivity index (χ0v) is 20.0. The van der Waals surface area contributed by atoms with Gasteiger partial charge >= 0.3 is 6.09 Å². The third-order valence-corrected chi connectivity index (χ3v) is 5.73. The van der Waals surface area contributed by atoms with E-state index in [9.17, 15) is 4.79 Å². The fourth-order valence-electron chi connectivity index (χ4n) is 3.81. The summed E-state index contributed by atoms with van der Waals surface area (Å²) in [6.45, 7) is 11.7. The molecule has 1 N–H and O–H groups in total. The van der Waals surface area contributed by atoms with Crippen molar-refractivity contribution in [3.8, 4) is 11.1 Å². The van der Waals surface area contributed by atoms with Gasteiger partial charge in [-0.1, -0.05) is 29.3 Å². The number of aromatic nitrogens is 1. The van der Waals surface area contributed by atoms with Crippen molar-refractivity contribution in [3.05, 3.63) is 45.3 Å². The highest BCUT2D eigenvalue weighted by Gasteiger charge is 2.26. The molecular weight excluding hydrogens is 477 g/mol. The van der Waals surface area contributed by atoms with Crippen LogP contribution in [0, 0.1) is 17.4 Å². The first-order valence-corrected chi connectivity index (χ1v) is 11.2. The van der Waals surface area contributed by atoms with Crippen molar-refractivity contribution < 1.29 is 9.53 Å². The average molecular weight is 507 g/mol. The normalized spacial score (nSPS) is 15.3. The van der Waals surface area contributed by atoms with Crippen molar-refractivity contribution in [1.82, 2.24) is 10.3 Å². The Kier molecular flexibility index (Phi) is 6.71. The molecule has 0 saturated carbocycles. The van der Waals surface area contributed by atoms with Gasteiger partial charge in [-0.25, -0.2) is 4.79 Å². The third kappa shape index (κ3) is 5.84. The number of carbonyl (C=O) groups excluding carboxylic acids is 1. The Balaban J connectivity index is 1.75. The first kappa shape index (κ1) is 21.9. The summed E-state index contributed by atoms with van der Waals surface area (Å²) in [5.74, 6) is 0. The Bertz CT molecular complexity index is 864. The molecule has 6 heteroatoms. The van der Waals surface area contributed by atoms with Crippen LogP contribution in [0.1, 0.15) is 44.7 Å². The van der Waals surface area contributed by atoms with Crippen LogP contribution in [0.3, 0.4) is 0 Å². The van der Waals surface area contributed by atoms with Crippen molar-refractivity contribution in [3.63, 3.8) is 0 Å². The van der Waals surface area contributed by atoms with E-state index in [-0.39, 0.29) is 12.1 Å². The van der Waals surface area contributed by atoms with Gasteiger partial charge in [0.25, 0.3) is 0 Å². The Morgan fingerprint density at radius 2 is 1.76 bits per heavy atom. The summed E-state index contributed by atoms with van der Waals surface area (Å²) in [7, 11) is 0. The monoisotopic (exact) mass is 507 g/mol. The van der Waals surface area contributed by atoms with Gasteiger partial charge in [-0.3, -0.25) is 4.98 Å². The van der Waals surface area contributed by atoms with Crippen LogP contribution in [0.15, 0.2) is 30.6 Å². The summed E-state index contributed by atoms with van der Waals surface area (Å²) in [5.41, 5.74) is 5.65. The molecule has 0 aliphatic carbocycles. The molecule has 1 amide bonds. The number of ether oxygens (including phenoxy) is 1. The number of anilines is 1. The van der Waals surface area contributed by atoms with Crippen molar-refractivity contribution in [2.75, 3.05) is 18.0 Å². The number of piperidine rings is 1. The van der Waals surface area contributed by atoms with E-state index in [0.717, 1.165) is 29.5 Å². The van der Waals surface area contributed by atoms with Crippen LogP contribution < -0.4 is 10.2 Å². The standard InChI is InChI=1S/C23H30IN3O2/c1-15-10-16(2)12-17(11-15)19-13-25-14-20(24)21(19)27-8-6-18(7-9-27)26-22(28)29-23(3,4)5/h10-14,18H,6-9H2,1-5H3,(H,26,28). The number of halogens is 1. The van der Waals surface area contributed by atoms with Gasteiger partial charge < -0.3 is 15.0 Å². The van der Waals surface area contributed by atoms with E-state index in [1.54, 1.807) is 0 Å². The van der Waals surface area contributed by atoms with E-state index >= 15 is 0 Å². The van der Waals surface area contributed by atoms with E-state index in [1.165, 1.54) is 27.9 Å². The maximum absolute atomic E-state index is 12.1. The van der Waals surface area contributed by atoms with Crippen molar-refractivity contribution >= 4 is 34.4 Å². The van der Waals surface area contributed by atoms with Crippen molar-refractivity contribution in [2.45, 2.75) is 59.1 Å². The topological polar surface area (TPSA) is 54.5 Å². The number of hydrogen-bond acceptors (Lipinski definition) is 4. The molecule has 2 heterocycles. The van der Waals surface area contributed by atoms with Crippen LogP contribution in [0.25, 0.3) is 11.1 Å². The minimum absolute atomic E-state index is 0.144. The molecule has 2 aromatic rings. The fourth-order valence-corrected chi connectivity index (χ4v) is 4.61. The minimum atomic E-state index is -0.473. The molecule has 0 spiro atoms. The second-order valence-corrected chi connectivity index (χ2v) is 9.96. The second kappa shape index (κ2) is 8.90. The van der Waals surface area contributed by atoms with E-state index in [1.807, 2.05) is 33.2 Å². The largest absolute Gasteiger partial charge is 0.444 e. The Morgan fingerprint density at radius 1 is 1.14 bits per heavy atom. The van der Waals surface area contributed by atoms with E-state index in [0.29, 0.717) is 0 Å². The average Bonchev–Trinajstić information content (AvgIpc) is 2.60. The number of nitrogens with zero attached hydrogens (tertiary/aromatic N) is 2. The maximum Gasteiger partial charge on any atom is 0.407 e. The van der Waals surface area contributed by atoms with Gasteiger partial charge in [0.2, 0.25) is 0 Å². The lowest BCUT2D eigenvalue weighted by atomic mass is 9.98. The zero-order chi connectivity index (χ0) is 21.2. The number of carbonyl (C=O) groups is 1.